The second-order valence-electron chi connectivity index (χ2n) is 3.83. The number of benzene rings is 1. The van der Waals surface area contributed by atoms with Gasteiger partial charge in [-0.05, 0) is 5.56 Å². The van der Waals surface area contributed by atoms with Gasteiger partial charge in [-0.25, -0.2) is 4.98 Å². The van der Waals surface area contributed by atoms with Crippen LogP contribution in [0.3, 0.4) is 0 Å². The van der Waals surface area contributed by atoms with Gasteiger partial charge >= 0.3 is 0 Å². The monoisotopic (exact) mass is 262 g/mol. The molecule has 0 saturated heterocycles. The number of carbonyl (C=O) groups is 1. The first-order chi connectivity index (χ1) is 8.77. The number of hydrogen-bond acceptors (Lipinski definition) is 4. The lowest BCUT2D eigenvalue weighted by atomic mass is 10.1. The molecule has 0 fully saturated rings. The number of amides is 1. The lowest BCUT2D eigenvalue weighted by Gasteiger charge is -2.11. The van der Waals surface area contributed by atoms with Crippen LogP contribution in [0.1, 0.15) is 17.4 Å². The van der Waals surface area contributed by atoms with Gasteiger partial charge in [0.2, 0.25) is 0 Å². The normalized spacial score (nSPS) is 12.1. The fourth-order valence-corrected chi connectivity index (χ4v) is 2.15. The molecule has 0 spiro atoms. The van der Waals surface area contributed by atoms with E-state index < -0.39 is 6.10 Å². The van der Waals surface area contributed by atoms with Gasteiger partial charge in [0.1, 0.15) is 0 Å². The molecular weight excluding hydrogens is 248 g/mol. The molecule has 1 aromatic carbocycles. The standard InChI is InChI=1S/C13H14N2O2S/c16-12(10-4-2-1-3-5-10)13(17)14-7-6-11-8-18-9-15-11/h1-5,8-9,12,16H,6-7H2,(H,14,17). The summed E-state index contributed by atoms with van der Waals surface area (Å²) in [6, 6.07) is 8.88. The Morgan fingerprint density at radius 2 is 2.17 bits per heavy atom. The van der Waals surface area contributed by atoms with Gasteiger partial charge in [-0.15, -0.1) is 11.3 Å². The fourth-order valence-electron chi connectivity index (χ4n) is 1.56. The van der Waals surface area contributed by atoms with Crippen LogP contribution in [0.2, 0.25) is 0 Å². The highest BCUT2D eigenvalue weighted by molar-refractivity contribution is 7.07. The Morgan fingerprint density at radius 1 is 1.39 bits per heavy atom. The molecule has 0 bridgehead atoms. The predicted molar refractivity (Wildman–Crippen MR) is 70.2 cm³/mol. The lowest BCUT2D eigenvalue weighted by Crippen LogP contribution is -2.31. The number of hydrogen-bond donors (Lipinski definition) is 2. The molecule has 1 amide bonds. The minimum atomic E-state index is -1.11. The van der Waals surface area contributed by atoms with Crippen LogP contribution in [0, 0.1) is 0 Å². The molecule has 18 heavy (non-hydrogen) atoms. The number of aliphatic hydroxyl groups excluding tert-OH is 1. The summed E-state index contributed by atoms with van der Waals surface area (Å²) in [7, 11) is 0. The van der Waals surface area contributed by atoms with Crippen LogP contribution < -0.4 is 5.32 Å². The van der Waals surface area contributed by atoms with Crippen molar-refractivity contribution in [3.05, 3.63) is 52.5 Å². The van der Waals surface area contributed by atoms with Gasteiger partial charge in [-0.3, -0.25) is 4.79 Å². The summed E-state index contributed by atoms with van der Waals surface area (Å²) < 4.78 is 0. The molecule has 1 aromatic heterocycles. The van der Waals surface area contributed by atoms with Crippen LogP contribution in [-0.4, -0.2) is 22.5 Å². The first-order valence-electron chi connectivity index (χ1n) is 5.65. The Morgan fingerprint density at radius 3 is 2.83 bits per heavy atom. The molecule has 2 N–H and O–H groups in total. The van der Waals surface area contributed by atoms with E-state index in [2.05, 4.69) is 10.3 Å². The maximum Gasteiger partial charge on any atom is 0.253 e. The van der Waals surface area contributed by atoms with E-state index in [1.54, 1.807) is 29.8 Å². The van der Waals surface area contributed by atoms with Crippen molar-refractivity contribution < 1.29 is 9.90 Å². The van der Waals surface area contributed by atoms with Crippen LogP contribution in [0.5, 0.6) is 0 Å². The molecule has 0 aliphatic carbocycles. The van der Waals surface area contributed by atoms with E-state index in [1.165, 1.54) is 11.3 Å². The van der Waals surface area contributed by atoms with Gasteiger partial charge in [-0.2, -0.15) is 0 Å². The first-order valence-corrected chi connectivity index (χ1v) is 6.59. The Kier molecular flexibility index (Phi) is 4.44. The third-order valence-corrected chi connectivity index (χ3v) is 3.16. The molecule has 1 unspecified atom stereocenters. The summed E-state index contributed by atoms with van der Waals surface area (Å²) >= 11 is 1.53. The number of nitrogens with one attached hydrogen (secondary N) is 1. The third kappa shape index (κ3) is 3.38. The predicted octanol–water partition coefficient (Wildman–Crippen LogP) is 1.54. The van der Waals surface area contributed by atoms with Crippen molar-refractivity contribution in [3.63, 3.8) is 0 Å². The van der Waals surface area contributed by atoms with Gasteiger partial charge < -0.3 is 10.4 Å². The molecule has 94 valence electrons. The van der Waals surface area contributed by atoms with Gasteiger partial charge in [-0.1, -0.05) is 30.3 Å². The van der Waals surface area contributed by atoms with Crippen molar-refractivity contribution in [1.29, 1.82) is 0 Å². The summed E-state index contributed by atoms with van der Waals surface area (Å²) in [5.41, 5.74) is 3.31. The van der Waals surface area contributed by atoms with Crippen molar-refractivity contribution in [3.8, 4) is 0 Å². The van der Waals surface area contributed by atoms with Gasteiger partial charge in [0, 0.05) is 18.3 Å². The highest BCUT2D eigenvalue weighted by Gasteiger charge is 2.15. The maximum absolute atomic E-state index is 11.7. The van der Waals surface area contributed by atoms with Gasteiger partial charge in [0.05, 0.1) is 11.2 Å². The lowest BCUT2D eigenvalue weighted by molar-refractivity contribution is -0.129. The first kappa shape index (κ1) is 12.7. The summed E-state index contributed by atoms with van der Waals surface area (Å²) in [5, 5.41) is 14.5. The van der Waals surface area contributed by atoms with Crippen LogP contribution in [0.4, 0.5) is 0 Å². The second-order valence-corrected chi connectivity index (χ2v) is 4.55. The van der Waals surface area contributed by atoms with E-state index in [1.807, 2.05) is 11.4 Å². The van der Waals surface area contributed by atoms with Gasteiger partial charge in [0.25, 0.3) is 5.91 Å². The summed E-state index contributed by atoms with van der Waals surface area (Å²) in [6.45, 7) is 0.479. The Labute approximate surface area is 109 Å². The van der Waals surface area contributed by atoms with E-state index >= 15 is 0 Å². The Bertz CT molecular complexity index is 485. The molecule has 0 aliphatic rings. The Hall–Kier alpha value is -1.72. The molecule has 5 heteroatoms. The van der Waals surface area contributed by atoms with Crippen molar-refractivity contribution >= 4 is 17.2 Å². The van der Waals surface area contributed by atoms with Crippen LogP contribution in [-0.2, 0) is 11.2 Å². The zero-order valence-electron chi connectivity index (χ0n) is 9.74. The molecule has 0 radical (unpaired) electrons. The highest BCUT2D eigenvalue weighted by Crippen LogP contribution is 2.11. The molecule has 0 saturated carbocycles. The largest absolute Gasteiger partial charge is 0.378 e. The van der Waals surface area contributed by atoms with E-state index in [0.29, 0.717) is 18.5 Å². The van der Waals surface area contributed by atoms with Crippen LogP contribution in [0.25, 0.3) is 0 Å². The van der Waals surface area contributed by atoms with E-state index in [9.17, 15) is 9.90 Å². The average Bonchev–Trinajstić information content (AvgIpc) is 2.92. The number of rotatable bonds is 5. The third-order valence-electron chi connectivity index (χ3n) is 2.53. The number of thiazole rings is 1. The Balaban J connectivity index is 1.81. The van der Waals surface area contributed by atoms with Crippen molar-refractivity contribution in [1.82, 2.24) is 10.3 Å². The minimum Gasteiger partial charge on any atom is -0.378 e. The minimum absolute atomic E-state index is 0.378. The van der Waals surface area contributed by atoms with Crippen LogP contribution >= 0.6 is 11.3 Å². The molecule has 4 nitrogen and oxygen atoms in total. The maximum atomic E-state index is 11.7. The number of carbonyl (C=O) groups excluding carboxylic acids is 1. The molecule has 1 atom stereocenters. The quantitative estimate of drug-likeness (QED) is 0.859. The van der Waals surface area contributed by atoms with Crippen LogP contribution in [0.15, 0.2) is 41.2 Å². The number of aromatic nitrogens is 1. The number of nitrogens with zero attached hydrogens (tertiary/aromatic N) is 1. The average molecular weight is 262 g/mol. The summed E-state index contributed by atoms with van der Waals surface area (Å²) in [6.07, 6.45) is -0.432. The topological polar surface area (TPSA) is 62.2 Å². The van der Waals surface area contributed by atoms with Crippen molar-refractivity contribution in [2.75, 3.05) is 6.54 Å². The summed E-state index contributed by atoms with van der Waals surface area (Å²) in [4.78, 5) is 15.8. The molecule has 2 aromatic rings. The molecule has 2 rings (SSSR count). The highest BCUT2D eigenvalue weighted by atomic mass is 32.1. The SMILES string of the molecule is O=C(NCCc1cscn1)C(O)c1ccccc1. The van der Waals surface area contributed by atoms with E-state index in [4.69, 9.17) is 0 Å². The smallest absolute Gasteiger partial charge is 0.253 e. The van der Waals surface area contributed by atoms with Gasteiger partial charge in [0.15, 0.2) is 6.10 Å². The molecule has 1 heterocycles. The second kappa shape index (κ2) is 6.28. The van der Waals surface area contributed by atoms with E-state index in [-0.39, 0.29) is 5.91 Å². The zero-order chi connectivity index (χ0) is 12.8. The molecule has 0 aliphatic heterocycles. The van der Waals surface area contributed by atoms with E-state index in [0.717, 1.165) is 5.69 Å². The van der Waals surface area contributed by atoms with Crippen molar-refractivity contribution in [2.24, 2.45) is 0 Å². The molecular formula is C13H14N2O2S. The fraction of sp³-hybridized carbons (Fsp3) is 0.231. The zero-order valence-corrected chi connectivity index (χ0v) is 10.6. The number of aliphatic hydroxyl groups is 1. The van der Waals surface area contributed by atoms with Crippen molar-refractivity contribution in [2.45, 2.75) is 12.5 Å². The summed E-state index contributed by atoms with van der Waals surface area (Å²) in [5.74, 6) is -0.378.